The average Bonchev–Trinajstić information content (AvgIpc) is 3.40. The minimum Gasteiger partial charge on any atom is -0.497 e. The number of carbonyl (C=O) groups is 1. The third-order valence-electron chi connectivity index (χ3n) is 7.91. The molecule has 0 saturated carbocycles. The minimum absolute atomic E-state index is 0.566. The number of nitrogens with zero attached hydrogens (tertiary/aromatic N) is 1. The molecule has 0 amide bonds. The summed E-state index contributed by atoms with van der Waals surface area (Å²) >= 11 is 0. The number of phosphoric acid groups is 1. The molecular formula is C33H35N2O12P. The standard InChI is InChI=1S/C33H35N2O12P/c1-20(47-48(39,40)41)28-29(30(44-21(2)36)31(45-28)35-19-18-27(37)34-32(35)38)46-33(22-8-6-5-7-9-22,23-10-14-25(42-3)15-11-23)24-12-16-26(43-4)17-13-24/h5-20,28-31H,1-4H3,(H,34,37,38)(H2,39,40,41). The first-order valence-corrected chi connectivity index (χ1v) is 16.3. The van der Waals surface area contributed by atoms with E-state index in [1.54, 1.807) is 48.5 Å². The van der Waals surface area contributed by atoms with Crippen LogP contribution in [0.5, 0.6) is 11.5 Å². The molecule has 5 rings (SSSR count). The van der Waals surface area contributed by atoms with Gasteiger partial charge in [-0.05, 0) is 47.9 Å². The van der Waals surface area contributed by atoms with E-state index in [0.717, 1.165) is 23.8 Å². The summed E-state index contributed by atoms with van der Waals surface area (Å²) in [5.41, 5.74) is -1.28. The van der Waals surface area contributed by atoms with Gasteiger partial charge in [0.1, 0.15) is 29.3 Å². The lowest BCUT2D eigenvalue weighted by Gasteiger charge is -2.40. The number of rotatable bonds is 12. The van der Waals surface area contributed by atoms with Gasteiger partial charge in [0.15, 0.2) is 12.3 Å². The number of aromatic amines is 1. The summed E-state index contributed by atoms with van der Waals surface area (Å²) in [6.07, 6.45) is -5.75. The maximum Gasteiger partial charge on any atom is 0.469 e. The lowest BCUT2D eigenvalue weighted by molar-refractivity contribution is -0.164. The van der Waals surface area contributed by atoms with Crippen molar-refractivity contribution in [2.75, 3.05) is 14.2 Å². The number of H-pyrrole nitrogens is 1. The van der Waals surface area contributed by atoms with E-state index in [0.29, 0.717) is 28.2 Å². The number of methoxy groups -OCH3 is 2. The number of ether oxygens (including phenoxy) is 5. The van der Waals surface area contributed by atoms with Crippen molar-refractivity contribution in [1.29, 1.82) is 0 Å². The zero-order valence-corrected chi connectivity index (χ0v) is 27.3. The molecule has 15 heteroatoms. The number of aromatic nitrogens is 2. The van der Waals surface area contributed by atoms with E-state index in [-0.39, 0.29) is 0 Å². The van der Waals surface area contributed by atoms with Crippen molar-refractivity contribution >= 4 is 13.8 Å². The van der Waals surface area contributed by atoms with E-state index in [1.807, 2.05) is 30.3 Å². The van der Waals surface area contributed by atoms with Crippen LogP contribution in [0.3, 0.4) is 0 Å². The zero-order chi connectivity index (χ0) is 34.6. The second-order valence-corrected chi connectivity index (χ2v) is 12.2. The van der Waals surface area contributed by atoms with Gasteiger partial charge in [-0.3, -0.25) is 23.7 Å². The van der Waals surface area contributed by atoms with Crippen LogP contribution in [0.2, 0.25) is 0 Å². The number of hydrogen-bond donors (Lipinski definition) is 3. The smallest absolute Gasteiger partial charge is 0.469 e. The molecule has 0 aliphatic carbocycles. The Bertz CT molecular complexity index is 1820. The molecule has 254 valence electrons. The molecule has 14 nitrogen and oxygen atoms in total. The Hall–Kier alpha value is -4.56. The average molecular weight is 683 g/mol. The molecule has 5 atom stereocenters. The summed E-state index contributed by atoms with van der Waals surface area (Å²) in [5.74, 6) is 0.371. The quantitative estimate of drug-likeness (QED) is 0.113. The van der Waals surface area contributed by atoms with Gasteiger partial charge in [-0.2, -0.15) is 0 Å². The van der Waals surface area contributed by atoms with Crippen molar-refractivity contribution in [2.24, 2.45) is 0 Å². The molecule has 1 aromatic heterocycles. The first kappa shape index (κ1) is 34.8. The van der Waals surface area contributed by atoms with Gasteiger partial charge in [0, 0.05) is 19.2 Å². The van der Waals surface area contributed by atoms with Crippen LogP contribution >= 0.6 is 7.82 Å². The van der Waals surface area contributed by atoms with E-state index < -0.39 is 61.3 Å². The SMILES string of the molecule is COc1ccc(C(OC2C(C(C)OP(=O)(O)O)OC(n3ccc(=O)[nH]c3=O)C2OC(C)=O)(c2ccccc2)c2ccc(OC)cc2)cc1. The Balaban J connectivity index is 1.79. The first-order valence-electron chi connectivity index (χ1n) is 14.8. The summed E-state index contributed by atoms with van der Waals surface area (Å²) in [6, 6.07) is 24.4. The third kappa shape index (κ3) is 7.29. The lowest BCUT2D eigenvalue weighted by atomic mass is 9.79. The van der Waals surface area contributed by atoms with Crippen molar-refractivity contribution in [3.8, 4) is 11.5 Å². The van der Waals surface area contributed by atoms with Crippen molar-refractivity contribution in [3.05, 3.63) is 129 Å². The summed E-state index contributed by atoms with van der Waals surface area (Å²) in [6.45, 7) is 2.51. The normalized spacial score (nSPS) is 20.2. The molecule has 1 saturated heterocycles. The summed E-state index contributed by atoms with van der Waals surface area (Å²) in [7, 11) is -2.02. The fourth-order valence-electron chi connectivity index (χ4n) is 5.85. The molecule has 0 bridgehead atoms. The molecule has 4 aromatic rings. The van der Waals surface area contributed by atoms with Crippen LogP contribution in [-0.4, -0.2) is 63.9 Å². The van der Waals surface area contributed by atoms with Crippen molar-refractivity contribution in [3.63, 3.8) is 0 Å². The van der Waals surface area contributed by atoms with Gasteiger partial charge < -0.3 is 33.5 Å². The maximum atomic E-state index is 13.0. The number of nitrogens with one attached hydrogen (secondary N) is 1. The molecule has 48 heavy (non-hydrogen) atoms. The highest BCUT2D eigenvalue weighted by Gasteiger charge is 2.56. The topological polar surface area (TPSA) is 185 Å². The first-order chi connectivity index (χ1) is 22.9. The maximum absolute atomic E-state index is 13.0. The summed E-state index contributed by atoms with van der Waals surface area (Å²) in [4.78, 5) is 59.2. The van der Waals surface area contributed by atoms with E-state index in [9.17, 15) is 28.7 Å². The van der Waals surface area contributed by atoms with E-state index >= 15 is 0 Å². The van der Waals surface area contributed by atoms with E-state index in [4.69, 9.17) is 28.2 Å². The predicted molar refractivity (Wildman–Crippen MR) is 171 cm³/mol. The van der Waals surface area contributed by atoms with Crippen LogP contribution in [0.15, 0.2) is 101 Å². The summed E-state index contributed by atoms with van der Waals surface area (Å²) < 4.78 is 48.2. The molecule has 0 radical (unpaired) electrons. The van der Waals surface area contributed by atoms with Gasteiger partial charge in [0.05, 0.1) is 20.3 Å². The third-order valence-corrected chi connectivity index (χ3v) is 8.51. The van der Waals surface area contributed by atoms with Crippen LogP contribution in [0, 0.1) is 0 Å². The van der Waals surface area contributed by atoms with Crippen molar-refractivity contribution in [2.45, 2.75) is 50.1 Å². The highest BCUT2D eigenvalue weighted by molar-refractivity contribution is 7.46. The number of benzene rings is 3. The molecule has 3 aromatic carbocycles. The number of hydrogen-bond acceptors (Lipinski definition) is 10. The van der Waals surface area contributed by atoms with Gasteiger partial charge in [-0.25, -0.2) is 9.36 Å². The monoisotopic (exact) mass is 682 g/mol. The molecule has 3 N–H and O–H groups in total. The Kier molecular flexibility index (Phi) is 10.3. The number of esters is 1. The van der Waals surface area contributed by atoms with Gasteiger partial charge in [-0.1, -0.05) is 54.6 Å². The molecule has 1 fully saturated rings. The number of carbonyl (C=O) groups excluding carboxylic acids is 1. The second-order valence-electron chi connectivity index (χ2n) is 11.0. The molecule has 1 aliphatic heterocycles. The highest BCUT2D eigenvalue weighted by atomic mass is 31.2. The molecule has 0 spiro atoms. The van der Waals surface area contributed by atoms with Gasteiger partial charge in [0.2, 0.25) is 0 Å². The van der Waals surface area contributed by atoms with Gasteiger partial charge >= 0.3 is 19.5 Å². The van der Waals surface area contributed by atoms with Crippen molar-refractivity contribution < 1.29 is 47.4 Å². The fourth-order valence-corrected chi connectivity index (χ4v) is 6.41. The predicted octanol–water partition coefficient (Wildman–Crippen LogP) is 3.26. The van der Waals surface area contributed by atoms with Crippen LogP contribution < -0.4 is 20.7 Å². The minimum atomic E-state index is -5.09. The lowest BCUT2D eigenvalue weighted by Crippen LogP contribution is -2.48. The molecule has 1 aliphatic rings. The summed E-state index contributed by atoms with van der Waals surface area (Å²) in [5, 5.41) is 0. The van der Waals surface area contributed by atoms with E-state index in [2.05, 4.69) is 4.98 Å². The zero-order valence-electron chi connectivity index (χ0n) is 26.4. The Morgan fingerprint density at radius 3 is 1.90 bits per heavy atom. The fraction of sp³-hybridized carbons (Fsp3) is 0.303. The van der Waals surface area contributed by atoms with E-state index in [1.165, 1.54) is 21.1 Å². The van der Waals surface area contributed by atoms with Crippen LogP contribution in [0.1, 0.15) is 36.8 Å². The largest absolute Gasteiger partial charge is 0.497 e. The Morgan fingerprint density at radius 1 is 0.875 bits per heavy atom. The van der Waals surface area contributed by atoms with Gasteiger partial charge in [0.25, 0.3) is 5.56 Å². The molecule has 2 heterocycles. The number of phosphoric ester groups is 1. The Labute approximate surface area is 275 Å². The van der Waals surface area contributed by atoms with Crippen molar-refractivity contribution in [1.82, 2.24) is 9.55 Å². The second kappa shape index (κ2) is 14.3. The molecule has 5 unspecified atom stereocenters. The highest BCUT2D eigenvalue weighted by Crippen LogP contribution is 2.48. The Morgan fingerprint density at radius 2 is 1.42 bits per heavy atom. The van der Waals surface area contributed by atoms with Crippen LogP contribution in [-0.2, 0) is 33.7 Å². The van der Waals surface area contributed by atoms with Crippen LogP contribution in [0.25, 0.3) is 0 Å². The molecular weight excluding hydrogens is 647 g/mol. The van der Waals surface area contributed by atoms with Crippen LogP contribution in [0.4, 0.5) is 0 Å². The van der Waals surface area contributed by atoms with Gasteiger partial charge in [-0.15, -0.1) is 0 Å².